The summed E-state index contributed by atoms with van der Waals surface area (Å²) >= 11 is 8.44. The first kappa shape index (κ1) is 10.8. The Hall–Kier alpha value is -0.290. The Balaban J connectivity index is 3.23. The van der Waals surface area contributed by atoms with Crippen molar-refractivity contribution in [2.45, 2.75) is 11.8 Å². The summed E-state index contributed by atoms with van der Waals surface area (Å²) < 4.78 is 37.2. The largest absolute Gasteiger partial charge is 0.268 e. The maximum Gasteiger partial charge on any atom is 0.268 e. The van der Waals surface area contributed by atoms with Gasteiger partial charge in [-0.25, -0.2) is 13.2 Å². The van der Waals surface area contributed by atoms with Gasteiger partial charge in [0.1, 0.15) is 0 Å². The highest BCUT2D eigenvalue weighted by molar-refractivity contribution is 9.08. The van der Waals surface area contributed by atoms with E-state index in [1.165, 1.54) is 0 Å². The molecule has 1 nitrogen and oxygen atoms in total. The van der Waals surface area contributed by atoms with E-state index in [-0.39, 0.29) is 16.0 Å². The molecule has 6 heteroatoms. The highest BCUT2D eigenvalue weighted by Crippen LogP contribution is 2.28. The van der Waals surface area contributed by atoms with Crippen molar-refractivity contribution in [1.82, 2.24) is 4.98 Å². The van der Waals surface area contributed by atoms with E-state index in [0.717, 1.165) is 6.20 Å². The molecule has 0 aliphatic rings. The molecule has 1 rings (SSSR count). The quantitative estimate of drug-likeness (QED) is 0.749. The van der Waals surface area contributed by atoms with Gasteiger partial charge in [-0.1, -0.05) is 27.5 Å². The van der Waals surface area contributed by atoms with E-state index in [1.807, 2.05) is 0 Å². The second kappa shape index (κ2) is 4.28. The molecule has 1 aromatic rings. The first-order chi connectivity index (χ1) is 6.07. The Bertz CT molecular complexity index is 319. The molecule has 0 fully saturated rings. The molecule has 0 bridgehead atoms. The van der Waals surface area contributed by atoms with Crippen molar-refractivity contribution in [3.63, 3.8) is 0 Å². The van der Waals surface area contributed by atoms with E-state index in [4.69, 9.17) is 11.6 Å². The summed E-state index contributed by atoms with van der Waals surface area (Å²) in [5.74, 6) is -1.10. The van der Waals surface area contributed by atoms with Gasteiger partial charge in [-0.3, -0.25) is 4.98 Å². The average Bonchev–Trinajstić information content (AvgIpc) is 2.09. The number of aromatic nitrogens is 1. The third-order valence-electron chi connectivity index (χ3n) is 1.42. The van der Waals surface area contributed by atoms with E-state index in [0.29, 0.717) is 0 Å². The van der Waals surface area contributed by atoms with Crippen LogP contribution in [0.5, 0.6) is 0 Å². The number of alkyl halides is 3. The molecule has 0 unspecified atom stereocenters. The van der Waals surface area contributed by atoms with E-state index in [2.05, 4.69) is 20.9 Å². The van der Waals surface area contributed by atoms with Crippen molar-refractivity contribution in [3.05, 3.63) is 28.3 Å². The van der Waals surface area contributed by atoms with Gasteiger partial charge in [-0.2, -0.15) is 0 Å². The maximum atomic E-state index is 13.0. The molecule has 0 amide bonds. The summed E-state index contributed by atoms with van der Waals surface area (Å²) in [4.78, 5) is 3.58. The fourth-order valence-electron chi connectivity index (χ4n) is 0.760. The minimum atomic E-state index is -2.89. The van der Waals surface area contributed by atoms with E-state index >= 15 is 0 Å². The van der Waals surface area contributed by atoms with Crippen molar-refractivity contribution >= 4 is 27.5 Å². The van der Waals surface area contributed by atoms with Crippen LogP contribution in [0.4, 0.5) is 13.2 Å². The lowest BCUT2D eigenvalue weighted by Gasteiger charge is -2.05. The molecule has 13 heavy (non-hydrogen) atoms. The normalized spacial score (nSPS) is 10.9. The van der Waals surface area contributed by atoms with E-state index < -0.39 is 17.8 Å². The highest BCUT2D eigenvalue weighted by atomic mass is 79.9. The Labute approximate surface area is 86.0 Å². The lowest BCUT2D eigenvalue weighted by Crippen LogP contribution is -1.97. The van der Waals surface area contributed by atoms with Gasteiger partial charge in [0.2, 0.25) is 0 Å². The molecule has 0 N–H and O–H groups in total. The second-order valence-electron chi connectivity index (χ2n) is 2.22. The zero-order valence-electron chi connectivity index (χ0n) is 6.20. The number of pyridine rings is 1. The van der Waals surface area contributed by atoms with Crippen molar-refractivity contribution in [1.29, 1.82) is 0 Å². The number of hydrogen-bond donors (Lipinski definition) is 0. The summed E-state index contributed by atoms with van der Waals surface area (Å²) in [5, 5.41) is -0.124. The van der Waals surface area contributed by atoms with Crippen molar-refractivity contribution in [3.8, 4) is 0 Å². The van der Waals surface area contributed by atoms with Crippen LogP contribution < -0.4 is 0 Å². The first-order valence-electron chi connectivity index (χ1n) is 3.24. The summed E-state index contributed by atoms with van der Waals surface area (Å²) in [6.07, 6.45) is -2.10. The number of halogens is 5. The van der Waals surface area contributed by atoms with Crippen LogP contribution in [0.2, 0.25) is 5.02 Å². The maximum absolute atomic E-state index is 13.0. The van der Waals surface area contributed by atoms with Gasteiger partial charge in [0, 0.05) is 11.5 Å². The van der Waals surface area contributed by atoms with E-state index in [1.54, 1.807) is 0 Å². The fourth-order valence-corrected chi connectivity index (χ4v) is 1.57. The molecule has 0 radical (unpaired) electrons. The third-order valence-corrected chi connectivity index (χ3v) is 2.34. The van der Waals surface area contributed by atoms with Crippen LogP contribution in [0.25, 0.3) is 0 Å². The number of nitrogens with zero attached hydrogens (tertiary/aromatic N) is 1. The molecule has 0 aromatic carbocycles. The monoisotopic (exact) mass is 273 g/mol. The summed E-state index contributed by atoms with van der Waals surface area (Å²) in [6.45, 7) is 0. The molecule has 0 saturated heterocycles. The number of rotatable bonds is 2. The summed E-state index contributed by atoms with van der Waals surface area (Å²) in [6, 6.07) is 0. The molecule has 0 aliphatic carbocycles. The Morgan fingerprint density at radius 1 is 1.54 bits per heavy atom. The predicted molar refractivity (Wildman–Crippen MR) is 46.8 cm³/mol. The lowest BCUT2D eigenvalue weighted by atomic mass is 10.2. The smallest absolute Gasteiger partial charge is 0.258 e. The Kier molecular flexibility index (Phi) is 3.55. The molecule has 0 atom stereocenters. The third kappa shape index (κ3) is 2.14. The second-order valence-corrected chi connectivity index (χ2v) is 3.16. The SMILES string of the molecule is Fc1c(C(F)F)cnc(CBr)c1Cl. The van der Waals surface area contributed by atoms with Gasteiger partial charge in [0.25, 0.3) is 6.43 Å². The highest BCUT2D eigenvalue weighted by Gasteiger charge is 2.18. The molecule has 0 spiro atoms. The first-order valence-corrected chi connectivity index (χ1v) is 4.74. The van der Waals surface area contributed by atoms with Crippen LogP contribution in [0.15, 0.2) is 6.20 Å². The average molecular weight is 274 g/mol. The van der Waals surface area contributed by atoms with E-state index in [9.17, 15) is 13.2 Å². The molecule has 0 saturated carbocycles. The van der Waals surface area contributed by atoms with Crippen LogP contribution in [0, 0.1) is 5.82 Å². The topological polar surface area (TPSA) is 12.9 Å². The minimum Gasteiger partial charge on any atom is -0.258 e. The van der Waals surface area contributed by atoms with Gasteiger partial charge < -0.3 is 0 Å². The van der Waals surface area contributed by atoms with Crippen molar-refractivity contribution in [2.75, 3.05) is 0 Å². The molecule has 1 aromatic heterocycles. The molecule has 72 valence electrons. The lowest BCUT2D eigenvalue weighted by molar-refractivity contribution is 0.146. The zero-order valence-corrected chi connectivity index (χ0v) is 8.54. The fraction of sp³-hybridized carbons (Fsp3) is 0.286. The number of hydrogen-bond acceptors (Lipinski definition) is 1. The van der Waals surface area contributed by atoms with Crippen LogP contribution in [0.3, 0.4) is 0 Å². The molecule has 0 aliphatic heterocycles. The molecular formula is C7H4BrClF3N. The Morgan fingerprint density at radius 3 is 2.62 bits per heavy atom. The van der Waals surface area contributed by atoms with Gasteiger partial charge in [-0.05, 0) is 0 Å². The minimum absolute atomic E-state index is 0.212. The van der Waals surface area contributed by atoms with Crippen molar-refractivity contribution in [2.24, 2.45) is 0 Å². The predicted octanol–water partition coefficient (Wildman–Crippen LogP) is 3.71. The van der Waals surface area contributed by atoms with Gasteiger partial charge >= 0.3 is 0 Å². The molecule has 1 heterocycles. The van der Waals surface area contributed by atoms with Crippen molar-refractivity contribution < 1.29 is 13.2 Å². The van der Waals surface area contributed by atoms with Gasteiger partial charge in [0.15, 0.2) is 5.82 Å². The van der Waals surface area contributed by atoms with Crippen LogP contribution >= 0.6 is 27.5 Å². The van der Waals surface area contributed by atoms with Crippen LogP contribution in [0.1, 0.15) is 17.7 Å². The standard InChI is InChI=1S/C7H4BrClF3N/c8-1-4-5(9)6(10)3(2-13-4)7(11)12/h2,7H,1H2. The zero-order chi connectivity index (χ0) is 10.0. The van der Waals surface area contributed by atoms with Gasteiger partial charge in [0.05, 0.1) is 16.3 Å². The summed E-state index contributed by atoms with van der Waals surface area (Å²) in [5.41, 5.74) is -0.557. The Morgan fingerprint density at radius 2 is 2.15 bits per heavy atom. The van der Waals surface area contributed by atoms with Crippen LogP contribution in [-0.2, 0) is 5.33 Å². The van der Waals surface area contributed by atoms with Gasteiger partial charge in [-0.15, -0.1) is 0 Å². The summed E-state index contributed by atoms with van der Waals surface area (Å²) in [7, 11) is 0. The molecular weight excluding hydrogens is 270 g/mol. The van der Waals surface area contributed by atoms with Crippen LogP contribution in [-0.4, -0.2) is 4.98 Å².